The Labute approximate surface area is 118 Å². The maximum Gasteiger partial charge on any atom is 0.374 e. The Kier molecular flexibility index (Phi) is 3.02. The van der Waals surface area contributed by atoms with E-state index in [0.717, 1.165) is 5.56 Å². The van der Waals surface area contributed by atoms with Crippen LogP contribution in [0.15, 0.2) is 16.7 Å². The molecule has 0 unspecified atom stereocenters. The predicted octanol–water partition coefficient (Wildman–Crippen LogP) is 2.64. The summed E-state index contributed by atoms with van der Waals surface area (Å²) in [6.07, 6.45) is 0.669. The first-order valence-corrected chi connectivity index (χ1v) is 6.22. The van der Waals surface area contributed by atoms with Gasteiger partial charge in [0.25, 0.3) is 0 Å². The zero-order valence-corrected chi connectivity index (χ0v) is 11.2. The number of hydrogen-bond donors (Lipinski definition) is 1. The van der Waals surface area contributed by atoms with Crippen LogP contribution >= 0.6 is 11.6 Å². The molecule has 0 aliphatic carbocycles. The van der Waals surface area contributed by atoms with E-state index in [4.69, 9.17) is 30.7 Å². The third kappa shape index (κ3) is 1.89. The van der Waals surface area contributed by atoms with E-state index in [1.165, 1.54) is 13.2 Å². The number of aromatic nitrogens is 1. The number of benzene rings is 1. The van der Waals surface area contributed by atoms with Gasteiger partial charge in [-0.15, -0.1) is 0 Å². The van der Waals surface area contributed by atoms with Crippen molar-refractivity contribution in [1.29, 1.82) is 0 Å². The van der Waals surface area contributed by atoms with Crippen LogP contribution < -0.4 is 9.47 Å². The molecule has 0 amide bonds. The third-order valence-corrected chi connectivity index (χ3v) is 3.52. The molecule has 20 heavy (non-hydrogen) atoms. The van der Waals surface area contributed by atoms with Crippen LogP contribution in [0.4, 0.5) is 0 Å². The molecular formula is C13H10ClNO5. The van der Waals surface area contributed by atoms with E-state index in [1.807, 2.05) is 0 Å². The molecule has 104 valence electrons. The highest BCUT2D eigenvalue weighted by atomic mass is 35.5. The van der Waals surface area contributed by atoms with E-state index in [1.54, 1.807) is 6.07 Å². The second-order valence-corrected chi connectivity index (χ2v) is 4.61. The van der Waals surface area contributed by atoms with Gasteiger partial charge in [-0.05, 0) is 6.07 Å². The van der Waals surface area contributed by atoms with Crippen LogP contribution in [-0.2, 0) is 6.42 Å². The number of halogens is 1. The lowest BCUT2D eigenvalue weighted by molar-refractivity contribution is 0.0652. The van der Waals surface area contributed by atoms with Crippen LogP contribution in [0, 0.1) is 0 Å². The van der Waals surface area contributed by atoms with Crippen LogP contribution in [0.5, 0.6) is 11.5 Å². The smallest absolute Gasteiger partial charge is 0.374 e. The summed E-state index contributed by atoms with van der Waals surface area (Å²) < 4.78 is 15.5. The van der Waals surface area contributed by atoms with Crippen molar-refractivity contribution in [3.05, 3.63) is 28.5 Å². The lowest BCUT2D eigenvalue weighted by atomic mass is 10.0. The second-order valence-electron chi connectivity index (χ2n) is 4.23. The van der Waals surface area contributed by atoms with Gasteiger partial charge in [-0.2, -0.15) is 0 Å². The van der Waals surface area contributed by atoms with Gasteiger partial charge < -0.3 is 19.1 Å². The number of carbonyl (C=O) groups is 1. The van der Waals surface area contributed by atoms with Gasteiger partial charge in [-0.25, -0.2) is 4.79 Å². The number of hydrogen-bond acceptors (Lipinski definition) is 5. The van der Waals surface area contributed by atoms with Gasteiger partial charge in [0.05, 0.1) is 18.7 Å². The summed E-state index contributed by atoms with van der Waals surface area (Å²) in [5.41, 5.74) is 1.74. The van der Waals surface area contributed by atoms with Crippen molar-refractivity contribution in [2.75, 3.05) is 13.7 Å². The maximum absolute atomic E-state index is 10.8. The molecular weight excluding hydrogens is 286 g/mol. The van der Waals surface area contributed by atoms with Gasteiger partial charge in [0, 0.05) is 23.6 Å². The monoisotopic (exact) mass is 295 g/mol. The number of carboxylic acids is 1. The largest absolute Gasteiger partial charge is 0.493 e. The number of methoxy groups -OCH3 is 1. The zero-order chi connectivity index (χ0) is 14.3. The number of rotatable bonds is 3. The summed E-state index contributed by atoms with van der Waals surface area (Å²) in [7, 11) is 1.53. The van der Waals surface area contributed by atoms with Gasteiger partial charge in [-0.1, -0.05) is 16.8 Å². The molecule has 2 aromatic rings. The van der Waals surface area contributed by atoms with Crippen LogP contribution in [0.3, 0.4) is 0 Å². The highest BCUT2D eigenvalue weighted by Crippen LogP contribution is 2.45. The second kappa shape index (κ2) is 4.72. The van der Waals surface area contributed by atoms with Crippen LogP contribution in [0.2, 0.25) is 5.02 Å². The first-order valence-electron chi connectivity index (χ1n) is 5.84. The molecule has 0 atom stereocenters. The fourth-order valence-corrected chi connectivity index (χ4v) is 2.48. The highest BCUT2D eigenvalue weighted by molar-refractivity contribution is 6.34. The molecule has 0 saturated heterocycles. The SMILES string of the molecule is COc1cc(-c2cc(C(=O)O)on2)c(Cl)c2c1OCC2. The van der Waals surface area contributed by atoms with Gasteiger partial charge >= 0.3 is 5.97 Å². The Morgan fingerprint density at radius 1 is 1.50 bits per heavy atom. The molecule has 1 aliphatic rings. The zero-order valence-electron chi connectivity index (χ0n) is 10.5. The molecule has 1 aromatic carbocycles. The van der Waals surface area contributed by atoms with E-state index >= 15 is 0 Å². The van der Waals surface area contributed by atoms with Gasteiger partial charge in [0.1, 0.15) is 5.69 Å². The normalized spacial score (nSPS) is 12.9. The number of fused-ring (bicyclic) bond motifs is 1. The molecule has 0 radical (unpaired) electrons. The van der Waals surface area contributed by atoms with Crippen molar-refractivity contribution in [2.24, 2.45) is 0 Å². The molecule has 1 aliphatic heterocycles. The molecule has 0 bridgehead atoms. The minimum atomic E-state index is -1.18. The summed E-state index contributed by atoms with van der Waals surface area (Å²) in [5, 5.41) is 13.1. The minimum absolute atomic E-state index is 0.244. The maximum atomic E-state index is 10.8. The van der Waals surface area contributed by atoms with Crippen LogP contribution in [-0.4, -0.2) is 29.9 Å². The van der Waals surface area contributed by atoms with Gasteiger partial charge in [0.15, 0.2) is 11.5 Å². The molecule has 7 heteroatoms. The molecule has 0 saturated carbocycles. The Morgan fingerprint density at radius 2 is 2.30 bits per heavy atom. The standard InChI is InChI=1S/C13H10ClNO5/c1-18-9-4-7(8-5-10(13(16)17)20-15-8)11(14)6-2-3-19-12(6)9/h4-5H,2-3H2,1H3,(H,16,17). The van der Waals surface area contributed by atoms with E-state index in [9.17, 15) is 4.79 Å². The van der Waals surface area contributed by atoms with E-state index < -0.39 is 5.97 Å². The summed E-state index contributed by atoms with van der Waals surface area (Å²) in [4.78, 5) is 10.8. The minimum Gasteiger partial charge on any atom is -0.493 e. The topological polar surface area (TPSA) is 81.8 Å². The van der Waals surface area contributed by atoms with Crippen molar-refractivity contribution >= 4 is 17.6 Å². The molecule has 6 nitrogen and oxygen atoms in total. The average molecular weight is 296 g/mol. The first kappa shape index (κ1) is 12.8. The molecule has 0 fully saturated rings. The Hall–Kier alpha value is -2.21. The molecule has 1 aromatic heterocycles. The Balaban J connectivity index is 2.16. The number of nitrogens with zero attached hydrogens (tertiary/aromatic N) is 1. The van der Waals surface area contributed by atoms with E-state index in [0.29, 0.717) is 40.8 Å². The average Bonchev–Trinajstić information content (AvgIpc) is 3.08. The predicted molar refractivity (Wildman–Crippen MR) is 69.7 cm³/mol. The van der Waals surface area contributed by atoms with Crippen LogP contribution in [0.1, 0.15) is 16.1 Å². The van der Waals surface area contributed by atoms with Gasteiger partial charge in [-0.3, -0.25) is 0 Å². The molecule has 3 rings (SSSR count). The third-order valence-electron chi connectivity index (χ3n) is 3.09. The summed E-state index contributed by atoms with van der Waals surface area (Å²) in [5.74, 6) is -0.261. The quantitative estimate of drug-likeness (QED) is 0.937. The Bertz CT molecular complexity index is 694. The lowest BCUT2D eigenvalue weighted by Gasteiger charge is -2.10. The number of carboxylic acid groups (broad SMARTS) is 1. The van der Waals surface area contributed by atoms with Gasteiger partial charge in [0.2, 0.25) is 5.76 Å². The summed E-state index contributed by atoms with van der Waals surface area (Å²) >= 11 is 6.34. The molecule has 1 N–H and O–H groups in total. The number of aromatic carboxylic acids is 1. The number of ether oxygens (including phenoxy) is 2. The van der Waals surface area contributed by atoms with Crippen molar-refractivity contribution < 1.29 is 23.9 Å². The van der Waals surface area contributed by atoms with Crippen molar-refractivity contribution in [3.63, 3.8) is 0 Å². The van der Waals surface area contributed by atoms with E-state index in [-0.39, 0.29) is 5.76 Å². The van der Waals surface area contributed by atoms with E-state index in [2.05, 4.69) is 5.16 Å². The van der Waals surface area contributed by atoms with Crippen LogP contribution in [0.25, 0.3) is 11.3 Å². The summed E-state index contributed by atoms with van der Waals surface area (Å²) in [6.45, 7) is 0.536. The van der Waals surface area contributed by atoms with Crippen molar-refractivity contribution in [2.45, 2.75) is 6.42 Å². The van der Waals surface area contributed by atoms with Crippen molar-refractivity contribution in [3.8, 4) is 22.8 Å². The first-order chi connectivity index (χ1) is 9.61. The Morgan fingerprint density at radius 3 is 2.95 bits per heavy atom. The molecule has 2 heterocycles. The van der Waals surface area contributed by atoms with Crippen molar-refractivity contribution in [1.82, 2.24) is 5.16 Å². The lowest BCUT2D eigenvalue weighted by Crippen LogP contribution is -1.93. The highest BCUT2D eigenvalue weighted by Gasteiger charge is 2.25. The fourth-order valence-electron chi connectivity index (χ4n) is 2.15. The fraction of sp³-hybridized carbons (Fsp3) is 0.231. The molecule has 0 spiro atoms. The summed E-state index contributed by atoms with van der Waals surface area (Å²) in [6, 6.07) is 2.99.